The molecule has 5 heteroatoms. The second-order valence-electron chi connectivity index (χ2n) is 6.71. The number of benzene rings is 1. The lowest BCUT2D eigenvalue weighted by Crippen LogP contribution is -2.44. The first-order valence-corrected chi connectivity index (χ1v) is 9.65. The molecule has 0 aliphatic heterocycles. The number of hydrogen-bond donors (Lipinski definition) is 1. The van der Waals surface area contributed by atoms with Crippen LogP contribution in [0.3, 0.4) is 0 Å². The maximum absolute atomic E-state index is 12.4. The van der Waals surface area contributed by atoms with Crippen LogP contribution in [0.15, 0.2) is 47.7 Å². The Morgan fingerprint density at radius 2 is 1.93 bits per heavy atom. The van der Waals surface area contributed by atoms with Crippen molar-refractivity contribution in [1.29, 1.82) is 0 Å². The molecule has 0 radical (unpaired) electrons. The van der Waals surface area contributed by atoms with Crippen molar-refractivity contribution in [3.63, 3.8) is 0 Å². The van der Waals surface area contributed by atoms with Gasteiger partial charge in [-0.1, -0.05) is 56.5 Å². The van der Waals surface area contributed by atoms with Gasteiger partial charge in [0.1, 0.15) is 6.61 Å². The summed E-state index contributed by atoms with van der Waals surface area (Å²) >= 11 is 0. The number of nitrogens with one attached hydrogen (secondary N) is 1. The maximum Gasteiger partial charge on any atom is 0.408 e. The van der Waals surface area contributed by atoms with Gasteiger partial charge in [-0.3, -0.25) is 0 Å². The number of hydrogen-bond acceptors (Lipinski definition) is 4. The normalized spacial score (nSPS) is 15.2. The molecule has 0 spiro atoms. The molecule has 1 aliphatic rings. The summed E-state index contributed by atoms with van der Waals surface area (Å²) in [6, 6.07) is 8.55. The first kappa shape index (κ1) is 20.8. The Kier molecular flexibility index (Phi) is 8.66. The molecular weight excluding hydrogens is 342 g/mol. The van der Waals surface area contributed by atoms with Crippen molar-refractivity contribution in [2.45, 2.75) is 58.1 Å². The lowest BCUT2D eigenvalue weighted by Gasteiger charge is -2.27. The van der Waals surface area contributed by atoms with Gasteiger partial charge in [0.2, 0.25) is 0 Å². The van der Waals surface area contributed by atoms with Crippen LogP contribution >= 0.6 is 0 Å². The topological polar surface area (TPSA) is 64.6 Å². The monoisotopic (exact) mass is 371 g/mol. The molecule has 1 amide bonds. The fraction of sp³-hybridized carbons (Fsp3) is 0.500. The molecule has 0 heterocycles. The Bertz CT molecular complexity index is 671. The van der Waals surface area contributed by atoms with E-state index in [9.17, 15) is 9.59 Å². The Hall–Kier alpha value is -2.52. The van der Waals surface area contributed by atoms with E-state index in [2.05, 4.69) is 11.0 Å². The molecule has 1 saturated carbocycles. The highest BCUT2D eigenvalue weighted by Crippen LogP contribution is 2.31. The summed E-state index contributed by atoms with van der Waals surface area (Å²) in [5, 5.41) is 2.69. The van der Waals surface area contributed by atoms with E-state index in [0.717, 1.165) is 43.2 Å². The maximum atomic E-state index is 12.4. The van der Waals surface area contributed by atoms with Gasteiger partial charge in [0, 0.05) is 5.57 Å². The van der Waals surface area contributed by atoms with Crippen LogP contribution in [0.4, 0.5) is 4.79 Å². The minimum Gasteiger partial charge on any atom is -0.467 e. The van der Waals surface area contributed by atoms with Crippen molar-refractivity contribution in [2.75, 3.05) is 7.11 Å². The van der Waals surface area contributed by atoms with E-state index < -0.39 is 18.1 Å². The zero-order valence-corrected chi connectivity index (χ0v) is 16.2. The first-order valence-electron chi connectivity index (χ1n) is 9.65. The quantitative estimate of drug-likeness (QED) is 0.565. The molecule has 0 saturated heterocycles. The number of methoxy groups -OCH3 is 1. The molecule has 1 N–H and O–H groups in total. The van der Waals surface area contributed by atoms with Gasteiger partial charge in [-0.25, -0.2) is 9.59 Å². The molecule has 146 valence electrons. The molecule has 1 aliphatic carbocycles. The van der Waals surface area contributed by atoms with E-state index >= 15 is 0 Å². The molecule has 0 aromatic heterocycles. The SMILES string of the molecule is CCC=C=C(C1CCCCC1)C(NC(=O)OCc1ccccc1)C(=O)OC. The predicted molar refractivity (Wildman–Crippen MR) is 104 cm³/mol. The average Bonchev–Trinajstić information content (AvgIpc) is 2.72. The van der Waals surface area contributed by atoms with Gasteiger partial charge >= 0.3 is 12.1 Å². The predicted octanol–water partition coefficient (Wildman–Crippen LogP) is 4.53. The third kappa shape index (κ3) is 6.61. The number of ether oxygens (including phenoxy) is 2. The molecular formula is C22H29NO4. The van der Waals surface area contributed by atoms with E-state index in [4.69, 9.17) is 9.47 Å². The number of carbonyl (C=O) groups is 2. The van der Waals surface area contributed by atoms with E-state index in [1.807, 2.05) is 43.3 Å². The summed E-state index contributed by atoms with van der Waals surface area (Å²) in [7, 11) is 1.33. The molecule has 1 unspecified atom stereocenters. The third-order valence-corrected chi connectivity index (χ3v) is 4.74. The van der Waals surface area contributed by atoms with Crippen molar-refractivity contribution in [3.8, 4) is 0 Å². The number of alkyl carbamates (subject to hydrolysis) is 1. The zero-order chi connectivity index (χ0) is 19.5. The summed E-state index contributed by atoms with van der Waals surface area (Å²) in [5.41, 5.74) is 4.93. The summed E-state index contributed by atoms with van der Waals surface area (Å²) in [6.07, 6.45) is 7.50. The summed E-state index contributed by atoms with van der Waals surface area (Å²) < 4.78 is 10.2. The minimum absolute atomic E-state index is 0.147. The number of esters is 1. The van der Waals surface area contributed by atoms with Crippen molar-refractivity contribution in [3.05, 3.63) is 53.3 Å². The highest BCUT2D eigenvalue weighted by atomic mass is 16.6. The fourth-order valence-corrected chi connectivity index (χ4v) is 3.33. The summed E-state index contributed by atoms with van der Waals surface area (Å²) in [5.74, 6) is -0.274. The lowest BCUT2D eigenvalue weighted by molar-refractivity contribution is -0.142. The van der Waals surface area contributed by atoms with Gasteiger partial charge in [0.25, 0.3) is 0 Å². The van der Waals surface area contributed by atoms with Crippen molar-refractivity contribution < 1.29 is 19.1 Å². The van der Waals surface area contributed by atoms with Crippen molar-refractivity contribution >= 4 is 12.1 Å². The van der Waals surface area contributed by atoms with Gasteiger partial charge in [-0.15, -0.1) is 5.73 Å². The number of carbonyl (C=O) groups excluding carboxylic acids is 2. The Morgan fingerprint density at radius 1 is 1.22 bits per heavy atom. The van der Waals surface area contributed by atoms with Crippen molar-refractivity contribution in [2.24, 2.45) is 5.92 Å². The van der Waals surface area contributed by atoms with Crippen LogP contribution in [0.2, 0.25) is 0 Å². The van der Waals surface area contributed by atoms with Gasteiger partial charge in [0.05, 0.1) is 7.11 Å². The Labute approximate surface area is 161 Å². The van der Waals surface area contributed by atoms with Gasteiger partial charge < -0.3 is 14.8 Å². The Morgan fingerprint density at radius 3 is 2.56 bits per heavy atom. The second-order valence-corrected chi connectivity index (χ2v) is 6.71. The standard InChI is InChI=1S/C22H29NO4/c1-3-4-15-19(18-13-9-6-10-14-18)20(21(24)26-2)23-22(25)27-16-17-11-7-5-8-12-17/h4-5,7-8,11-12,18,20H,3,6,9-10,13-14,16H2,1-2H3,(H,23,25). The van der Waals surface area contributed by atoms with E-state index in [-0.39, 0.29) is 12.5 Å². The molecule has 1 aromatic carbocycles. The minimum atomic E-state index is -0.871. The first-order chi connectivity index (χ1) is 13.2. The largest absolute Gasteiger partial charge is 0.467 e. The summed E-state index contributed by atoms with van der Waals surface area (Å²) in [4.78, 5) is 24.7. The highest BCUT2D eigenvalue weighted by molar-refractivity contribution is 5.84. The fourth-order valence-electron chi connectivity index (χ4n) is 3.33. The van der Waals surface area contributed by atoms with Crippen LogP contribution in [-0.2, 0) is 20.9 Å². The molecule has 1 aromatic rings. The molecule has 1 atom stereocenters. The van der Waals surface area contributed by atoms with E-state index in [0.29, 0.717) is 0 Å². The van der Waals surface area contributed by atoms with Gasteiger partial charge in [-0.05, 0) is 36.8 Å². The molecule has 1 fully saturated rings. The zero-order valence-electron chi connectivity index (χ0n) is 16.2. The van der Waals surface area contributed by atoms with Gasteiger partial charge in [0.15, 0.2) is 6.04 Å². The molecule has 2 rings (SSSR count). The lowest BCUT2D eigenvalue weighted by atomic mass is 9.81. The number of amides is 1. The van der Waals surface area contributed by atoms with Gasteiger partial charge in [-0.2, -0.15) is 0 Å². The second kappa shape index (κ2) is 11.2. The van der Waals surface area contributed by atoms with Crippen molar-refractivity contribution in [1.82, 2.24) is 5.32 Å². The third-order valence-electron chi connectivity index (χ3n) is 4.74. The van der Waals surface area contributed by atoms with Crippen LogP contribution in [-0.4, -0.2) is 25.2 Å². The van der Waals surface area contributed by atoms with E-state index in [1.165, 1.54) is 13.5 Å². The number of rotatable bonds is 7. The van der Waals surface area contributed by atoms with Crippen LogP contribution in [0.25, 0.3) is 0 Å². The molecule has 5 nitrogen and oxygen atoms in total. The van der Waals surface area contributed by atoms with Crippen LogP contribution in [0.1, 0.15) is 51.0 Å². The molecule has 27 heavy (non-hydrogen) atoms. The van der Waals surface area contributed by atoms with Crippen LogP contribution in [0, 0.1) is 5.92 Å². The van der Waals surface area contributed by atoms with Crippen LogP contribution in [0.5, 0.6) is 0 Å². The van der Waals surface area contributed by atoms with Crippen LogP contribution < -0.4 is 5.32 Å². The van der Waals surface area contributed by atoms with E-state index in [1.54, 1.807) is 0 Å². The Balaban J connectivity index is 2.12. The average molecular weight is 371 g/mol. The highest BCUT2D eigenvalue weighted by Gasteiger charge is 2.32. The smallest absolute Gasteiger partial charge is 0.408 e. The molecule has 0 bridgehead atoms. The summed E-state index contributed by atoms with van der Waals surface area (Å²) in [6.45, 7) is 2.16.